The number of primary amides is 1. The number of fused-ring (bicyclic) bond motifs is 1. The van der Waals surface area contributed by atoms with Crippen molar-refractivity contribution in [3.05, 3.63) is 40.3 Å². The van der Waals surface area contributed by atoms with Crippen molar-refractivity contribution in [1.82, 2.24) is 14.7 Å². The Morgan fingerprint density at radius 1 is 1.33 bits per heavy atom. The molecule has 1 aliphatic rings. The Morgan fingerprint density at radius 2 is 2.00 bits per heavy atom. The minimum atomic E-state index is -0.680. The van der Waals surface area contributed by atoms with Crippen LogP contribution in [0, 0.1) is 11.7 Å². The molecule has 7 nitrogen and oxygen atoms in total. The number of ether oxygens (including phenoxy) is 1. The SMILES string of the molecule is CC(C)C1CN(C(=O)OC(C)(C)C)Cc2c(C(N)=O)c(-c3ccc(F)c(Cl)c3)nn21. The Morgan fingerprint density at radius 3 is 2.53 bits per heavy atom. The number of carbonyl (C=O) groups is 2. The van der Waals surface area contributed by atoms with Gasteiger partial charge in [0.1, 0.15) is 17.1 Å². The van der Waals surface area contributed by atoms with Gasteiger partial charge in [-0.3, -0.25) is 9.48 Å². The normalized spacial score (nSPS) is 16.5. The van der Waals surface area contributed by atoms with Crippen molar-refractivity contribution >= 4 is 23.6 Å². The number of benzene rings is 1. The summed E-state index contributed by atoms with van der Waals surface area (Å²) in [5, 5.41) is 4.56. The predicted octanol–water partition coefficient (Wildman–Crippen LogP) is 4.39. The van der Waals surface area contributed by atoms with E-state index in [0.29, 0.717) is 23.5 Å². The summed E-state index contributed by atoms with van der Waals surface area (Å²) < 4.78 is 20.9. The first-order valence-electron chi connectivity index (χ1n) is 9.73. The molecule has 0 bridgehead atoms. The Labute approximate surface area is 179 Å². The number of aromatic nitrogens is 2. The third-order valence-electron chi connectivity index (χ3n) is 4.93. The highest BCUT2D eigenvalue weighted by molar-refractivity contribution is 6.31. The highest BCUT2D eigenvalue weighted by atomic mass is 35.5. The zero-order chi connectivity index (χ0) is 22.4. The maximum Gasteiger partial charge on any atom is 0.410 e. The van der Waals surface area contributed by atoms with E-state index in [1.165, 1.54) is 18.2 Å². The average molecular weight is 437 g/mol. The van der Waals surface area contributed by atoms with E-state index in [4.69, 9.17) is 22.1 Å². The van der Waals surface area contributed by atoms with Crippen LogP contribution in [0.2, 0.25) is 5.02 Å². The van der Waals surface area contributed by atoms with Crippen molar-refractivity contribution in [2.24, 2.45) is 11.7 Å². The van der Waals surface area contributed by atoms with Crippen LogP contribution in [0.3, 0.4) is 0 Å². The molecule has 1 aromatic heterocycles. The third kappa shape index (κ3) is 4.28. The molecule has 162 valence electrons. The number of hydrogen-bond donors (Lipinski definition) is 1. The first kappa shape index (κ1) is 22.1. The van der Waals surface area contributed by atoms with Gasteiger partial charge in [0, 0.05) is 12.1 Å². The van der Waals surface area contributed by atoms with Gasteiger partial charge in [0.15, 0.2) is 0 Å². The summed E-state index contributed by atoms with van der Waals surface area (Å²) in [5.74, 6) is -1.14. The number of nitrogens with two attached hydrogens (primary N) is 1. The van der Waals surface area contributed by atoms with Crippen molar-refractivity contribution in [3.63, 3.8) is 0 Å². The lowest BCUT2D eigenvalue weighted by Crippen LogP contribution is -2.45. The Kier molecular flexibility index (Phi) is 5.82. The van der Waals surface area contributed by atoms with Crippen molar-refractivity contribution in [2.45, 2.75) is 52.8 Å². The van der Waals surface area contributed by atoms with Crippen molar-refractivity contribution in [3.8, 4) is 11.3 Å². The third-order valence-corrected chi connectivity index (χ3v) is 5.22. The molecule has 30 heavy (non-hydrogen) atoms. The van der Waals surface area contributed by atoms with Crippen LogP contribution in [0.5, 0.6) is 0 Å². The number of halogens is 2. The fourth-order valence-corrected chi connectivity index (χ4v) is 3.69. The second-order valence-corrected chi connectivity index (χ2v) is 9.19. The van der Waals surface area contributed by atoms with Crippen molar-refractivity contribution in [1.29, 1.82) is 0 Å². The summed E-state index contributed by atoms with van der Waals surface area (Å²) in [6.45, 7) is 9.90. The summed E-state index contributed by atoms with van der Waals surface area (Å²) in [6, 6.07) is 3.93. The smallest absolute Gasteiger partial charge is 0.410 e. The molecular formula is C21H26ClFN4O3. The van der Waals surface area contributed by atoms with Crippen LogP contribution in [0.25, 0.3) is 11.3 Å². The minimum Gasteiger partial charge on any atom is -0.444 e. The van der Waals surface area contributed by atoms with E-state index in [0.717, 1.165) is 0 Å². The standard InChI is InChI=1S/C21H26ClFN4O3/c1-11(2)15-9-26(20(29)30-21(3,4)5)10-16-17(19(24)28)18(25-27(15)16)12-6-7-14(23)13(22)8-12/h6-8,11,15H,9-10H2,1-5H3,(H2,24,28). The second-order valence-electron chi connectivity index (χ2n) is 8.78. The topological polar surface area (TPSA) is 90.4 Å². The quantitative estimate of drug-likeness (QED) is 0.772. The van der Waals surface area contributed by atoms with Gasteiger partial charge in [0.25, 0.3) is 5.91 Å². The average Bonchev–Trinajstić information content (AvgIpc) is 3.01. The van der Waals surface area contributed by atoms with Crippen LogP contribution >= 0.6 is 11.6 Å². The highest BCUT2D eigenvalue weighted by Crippen LogP contribution is 2.35. The van der Waals surface area contributed by atoms with Crippen molar-refractivity contribution in [2.75, 3.05) is 6.54 Å². The fourth-order valence-electron chi connectivity index (χ4n) is 3.51. The van der Waals surface area contributed by atoms with E-state index in [2.05, 4.69) is 5.10 Å². The van der Waals surface area contributed by atoms with Gasteiger partial charge in [0.05, 0.1) is 28.9 Å². The Hall–Kier alpha value is -2.61. The molecule has 3 rings (SSSR count). The number of amides is 2. The summed E-state index contributed by atoms with van der Waals surface area (Å²) in [6.07, 6.45) is -0.470. The van der Waals surface area contributed by atoms with Crippen LogP contribution in [-0.2, 0) is 11.3 Å². The molecule has 1 aromatic carbocycles. The molecule has 2 heterocycles. The van der Waals surface area contributed by atoms with Gasteiger partial charge >= 0.3 is 6.09 Å². The molecule has 2 amide bonds. The van der Waals surface area contributed by atoms with Gasteiger partial charge in [-0.2, -0.15) is 5.10 Å². The zero-order valence-corrected chi connectivity index (χ0v) is 18.5. The highest BCUT2D eigenvalue weighted by Gasteiger charge is 2.37. The predicted molar refractivity (Wildman–Crippen MR) is 112 cm³/mol. The molecule has 9 heteroatoms. The van der Waals surface area contributed by atoms with Gasteiger partial charge in [-0.1, -0.05) is 25.4 Å². The number of carbonyl (C=O) groups excluding carboxylic acids is 2. The van der Waals surface area contributed by atoms with Crippen LogP contribution in [0.4, 0.5) is 9.18 Å². The molecule has 2 aromatic rings. The fraction of sp³-hybridized carbons (Fsp3) is 0.476. The molecular weight excluding hydrogens is 411 g/mol. The first-order valence-corrected chi connectivity index (χ1v) is 10.1. The summed E-state index contributed by atoms with van der Waals surface area (Å²) in [7, 11) is 0. The van der Waals surface area contributed by atoms with Gasteiger partial charge in [-0.15, -0.1) is 0 Å². The molecule has 1 unspecified atom stereocenters. The molecule has 2 N–H and O–H groups in total. The summed E-state index contributed by atoms with van der Waals surface area (Å²) >= 11 is 5.93. The van der Waals surface area contributed by atoms with Gasteiger partial charge in [-0.25, -0.2) is 9.18 Å². The minimum absolute atomic E-state index is 0.0790. The van der Waals surface area contributed by atoms with E-state index >= 15 is 0 Å². The van der Waals surface area contributed by atoms with Crippen LogP contribution in [-0.4, -0.2) is 38.8 Å². The molecule has 0 saturated carbocycles. The second kappa shape index (κ2) is 7.91. The lowest BCUT2D eigenvalue weighted by atomic mass is 9.99. The van der Waals surface area contributed by atoms with Crippen LogP contribution in [0.15, 0.2) is 18.2 Å². The Balaban J connectivity index is 2.12. The van der Waals surface area contributed by atoms with E-state index in [1.807, 2.05) is 13.8 Å². The lowest BCUT2D eigenvalue weighted by molar-refractivity contribution is 0.0135. The molecule has 0 saturated heterocycles. The van der Waals surface area contributed by atoms with E-state index in [1.54, 1.807) is 30.4 Å². The van der Waals surface area contributed by atoms with E-state index < -0.39 is 23.4 Å². The number of hydrogen-bond acceptors (Lipinski definition) is 4. The van der Waals surface area contributed by atoms with Crippen LogP contribution in [0.1, 0.15) is 56.7 Å². The molecule has 0 fully saturated rings. The van der Waals surface area contributed by atoms with Crippen molar-refractivity contribution < 1.29 is 18.7 Å². The Bertz CT molecular complexity index is 997. The summed E-state index contributed by atoms with van der Waals surface area (Å²) in [5.41, 5.74) is 6.56. The lowest BCUT2D eigenvalue weighted by Gasteiger charge is -2.36. The maximum absolute atomic E-state index is 13.6. The van der Waals surface area contributed by atoms with Gasteiger partial charge in [-0.05, 0) is 44.9 Å². The molecule has 0 aliphatic carbocycles. The van der Waals surface area contributed by atoms with Gasteiger partial charge < -0.3 is 15.4 Å². The molecule has 0 spiro atoms. The molecule has 0 radical (unpaired) electrons. The van der Waals surface area contributed by atoms with Crippen LogP contribution < -0.4 is 5.73 Å². The van der Waals surface area contributed by atoms with E-state index in [-0.39, 0.29) is 29.1 Å². The number of nitrogens with zero attached hydrogens (tertiary/aromatic N) is 3. The molecule has 1 aliphatic heterocycles. The first-order chi connectivity index (χ1) is 13.9. The zero-order valence-electron chi connectivity index (χ0n) is 17.7. The largest absolute Gasteiger partial charge is 0.444 e. The van der Waals surface area contributed by atoms with Gasteiger partial charge in [0.2, 0.25) is 0 Å². The summed E-state index contributed by atoms with van der Waals surface area (Å²) in [4.78, 5) is 26.7. The molecule has 1 atom stereocenters. The monoisotopic (exact) mass is 436 g/mol. The van der Waals surface area contributed by atoms with E-state index in [9.17, 15) is 14.0 Å². The maximum atomic E-state index is 13.6. The number of rotatable bonds is 3.